The highest BCUT2D eigenvalue weighted by molar-refractivity contribution is 14.1. The van der Waals surface area contributed by atoms with Gasteiger partial charge in [-0.25, -0.2) is 9.97 Å². The highest BCUT2D eigenvalue weighted by Crippen LogP contribution is 2.25. The monoisotopic (exact) mass is 411 g/mol. The molecule has 2 aromatic heterocycles. The molecular formula is C11H8Cl2IN3O2. The summed E-state index contributed by atoms with van der Waals surface area (Å²) in [7, 11) is 1.53. The summed E-state index contributed by atoms with van der Waals surface area (Å²) < 4.78 is 5.49. The zero-order chi connectivity index (χ0) is 14.0. The Morgan fingerprint density at radius 3 is 2.84 bits per heavy atom. The minimum absolute atomic E-state index is 0.237. The fourth-order valence-electron chi connectivity index (χ4n) is 1.44. The van der Waals surface area contributed by atoms with Crippen molar-refractivity contribution in [2.75, 3.05) is 7.11 Å². The highest BCUT2D eigenvalue weighted by atomic mass is 127. The maximum Gasteiger partial charge on any atom is 0.265 e. The Balaban J connectivity index is 2.59. The summed E-state index contributed by atoms with van der Waals surface area (Å²) in [6.45, 7) is 0.237. The average molecular weight is 412 g/mol. The van der Waals surface area contributed by atoms with Gasteiger partial charge < -0.3 is 9.72 Å². The van der Waals surface area contributed by atoms with E-state index in [4.69, 9.17) is 27.9 Å². The van der Waals surface area contributed by atoms with Gasteiger partial charge in [-0.2, -0.15) is 0 Å². The van der Waals surface area contributed by atoms with E-state index >= 15 is 0 Å². The second kappa shape index (κ2) is 6.17. The molecule has 0 bridgehead atoms. The van der Waals surface area contributed by atoms with Crippen LogP contribution in [-0.2, 0) is 11.3 Å². The number of aromatic amines is 1. The lowest BCUT2D eigenvalue weighted by atomic mass is 10.3. The lowest BCUT2D eigenvalue weighted by Crippen LogP contribution is -2.17. The van der Waals surface area contributed by atoms with Gasteiger partial charge in [0.05, 0.1) is 22.3 Å². The summed E-state index contributed by atoms with van der Waals surface area (Å²) in [6.07, 6.45) is 1.44. The van der Waals surface area contributed by atoms with Crippen LogP contribution in [0.5, 0.6) is 0 Å². The Bertz CT molecular complexity index is 675. The zero-order valence-corrected chi connectivity index (χ0v) is 13.4. The summed E-state index contributed by atoms with van der Waals surface area (Å²) in [5.74, 6) is 0.291. The first-order valence-electron chi connectivity index (χ1n) is 5.12. The van der Waals surface area contributed by atoms with Crippen molar-refractivity contribution in [3.63, 3.8) is 0 Å². The van der Waals surface area contributed by atoms with Crippen LogP contribution in [0.1, 0.15) is 5.69 Å². The molecule has 0 aliphatic carbocycles. The molecule has 0 spiro atoms. The molecule has 8 heteroatoms. The quantitative estimate of drug-likeness (QED) is 0.788. The third-order valence-electron chi connectivity index (χ3n) is 2.24. The number of rotatable bonds is 3. The van der Waals surface area contributed by atoms with Crippen molar-refractivity contribution < 1.29 is 4.74 Å². The van der Waals surface area contributed by atoms with E-state index in [-0.39, 0.29) is 12.2 Å². The van der Waals surface area contributed by atoms with Crippen LogP contribution in [0, 0.1) is 3.57 Å². The van der Waals surface area contributed by atoms with Crippen molar-refractivity contribution in [2.24, 2.45) is 0 Å². The number of nitrogens with zero attached hydrogens (tertiary/aromatic N) is 2. The molecular weight excluding hydrogens is 404 g/mol. The van der Waals surface area contributed by atoms with Gasteiger partial charge in [-0.3, -0.25) is 4.79 Å². The third-order valence-corrected chi connectivity index (χ3v) is 3.85. The Labute approximate surface area is 132 Å². The van der Waals surface area contributed by atoms with Crippen molar-refractivity contribution >= 4 is 45.8 Å². The number of H-pyrrole nitrogens is 1. The molecule has 0 fully saturated rings. The summed E-state index contributed by atoms with van der Waals surface area (Å²) >= 11 is 13.7. The fraction of sp³-hybridized carbons (Fsp3) is 0.182. The second-order valence-corrected chi connectivity index (χ2v) is 5.51. The SMILES string of the molecule is COCc1nc(-c2ncc(Cl)cc2Cl)[nH]c(=O)c1I. The minimum Gasteiger partial charge on any atom is -0.378 e. The fourth-order valence-corrected chi connectivity index (χ4v) is 2.32. The molecule has 0 amide bonds. The lowest BCUT2D eigenvalue weighted by molar-refractivity contribution is 0.180. The molecule has 0 radical (unpaired) electrons. The predicted molar refractivity (Wildman–Crippen MR) is 81.5 cm³/mol. The normalized spacial score (nSPS) is 10.7. The molecule has 0 atom stereocenters. The third kappa shape index (κ3) is 3.25. The van der Waals surface area contributed by atoms with Crippen LogP contribution in [-0.4, -0.2) is 22.1 Å². The first kappa shape index (κ1) is 14.7. The predicted octanol–water partition coefficient (Wildman–Crippen LogP) is 2.89. The van der Waals surface area contributed by atoms with Gasteiger partial charge in [-0.15, -0.1) is 0 Å². The number of halogens is 3. The van der Waals surface area contributed by atoms with Crippen molar-refractivity contribution in [1.29, 1.82) is 0 Å². The van der Waals surface area contributed by atoms with Gasteiger partial charge >= 0.3 is 0 Å². The zero-order valence-electron chi connectivity index (χ0n) is 9.71. The van der Waals surface area contributed by atoms with Gasteiger partial charge in [0.2, 0.25) is 0 Å². The van der Waals surface area contributed by atoms with E-state index in [9.17, 15) is 4.79 Å². The lowest BCUT2D eigenvalue weighted by Gasteiger charge is -2.07. The summed E-state index contributed by atoms with van der Waals surface area (Å²) in [4.78, 5) is 22.8. The van der Waals surface area contributed by atoms with Gasteiger partial charge in [-0.1, -0.05) is 23.2 Å². The largest absolute Gasteiger partial charge is 0.378 e. The van der Waals surface area contributed by atoms with E-state index < -0.39 is 0 Å². The average Bonchev–Trinajstić information content (AvgIpc) is 2.35. The Hall–Kier alpha value is -0.700. The molecule has 100 valence electrons. The molecule has 19 heavy (non-hydrogen) atoms. The molecule has 0 aromatic carbocycles. The van der Waals surface area contributed by atoms with Crippen LogP contribution >= 0.6 is 45.8 Å². The van der Waals surface area contributed by atoms with Crippen LogP contribution in [0.25, 0.3) is 11.5 Å². The summed E-state index contributed by atoms with van der Waals surface area (Å²) in [5, 5.41) is 0.735. The number of methoxy groups -OCH3 is 1. The van der Waals surface area contributed by atoms with Gasteiger partial charge in [0.1, 0.15) is 9.26 Å². The molecule has 0 aliphatic heterocycles. The second-order valence-electron chi connectivity index (χ2n) is 3.59. The van der Waals surface area contributed by atoms with Crippen molar-refractivity contribution in [1.82, 2.24) is 15.0 Å². The van der Waals surface area contributed by atoms with E-state index in [1.54, 1.807) is 6.07 Å². The molecule has 1 N–H and O–H groups in total. The molecule has 2 heterocycles. The van der Waals surface area contributed by atoms with Crippen molar-refractivity contribution in [2.45, 2.75) is 6.61 Å². The first-order valence-corrected chi connectivity index (χ1v) is 6.95. The van der Waals surface area contributed by atoms with Crippen molar-refractivity contribution in [3.05, 3.63) is 41.9 Å². The number of pyridine rings is 1. The standard InChI is InChI=1S/C11H8Cl2IN3O2/c1-19-4-7-8(14)11(18)17-10(16-7)9-6(13)2-5(12)3-15-9/h2-3H,4H2,1H3,(H,16,17,18). The Morgan fingerprint density at radius 2 is 2.21 bits per heavy atom. The van der Waals surface area contributed by atoms with Crippen molar-refractivity contribution in [3.8, 4) is 11.5 Å². The van der Waals surface area contributed by atoms with Gasteiger partial charge in [0.25, 0.3) is 5.56 Å². The van der Waals surface area contributed by atoms with Crippen LogP contribution in [0.2, 0.25) is 10.0 Å². The van der Waals surface area contributed by atoms with Crippen LogP contribution < -0.4 is 5.56 Å². The minimum atomic E-state index is -0.259. The molecule has 0 aliphatic rings. The molecule has 0 saturated heterocycles. The van der Waals surface area contributed by atoms with E-state index in [1.165, 1.54) is 13.3 Å². The molecule has 0 unspecified atom stereocenters. The smallest absolute Gasteiger partial charge is 0.265 e. The number of ether oxygens (including phenoxy) is 1. The molecule has 2 aromatic rings. The first-order chi connectivity index (χ1) is 9.02. The van der Waals surface area contributed by atoms with E-state index in [2.05, 4.69) is 15.0 Å². The summed E-state index contributed by atoms with van der Waals surface area (Å²) in [6, 6.07) is 1.54. The highest BCUT2D eigenvalue weighted by Gasteiger charge is 2.13. The van der Waals surface area contributed by atoms with E-state index in [0.717, 1.165) is 0 Å². The Kier molecular flexibility index (Phi) is 4.77. The number of aromatic nitrogens is 3. The van der Waals surface area contributed by atoms with Crippen LogP contribution in [0.4, 0.5) is 0 Å². The topological polar surface area (TPSA) is 67.9 Å². The van der Waals surface area contributed by atoms with E-state index in [0.29, 0.717) is 30.8 Å². The van der Waals surface area contributed by atoms with E-state index in [1.807, 2.05) is 22.6 Å². The maximum absolute atomic E-state index is 11.8. The van der Waals surface area contributed by atoms with Crippen LogP contribution in [0.15, 0.2) is 17.1 Å². The van der Waals surface area contributed by atoms with Crippen LogP contribution in [0.3, 0.4) is 0 Å². The van der Waals surface area contributed by atoms with Gasteiger partial charge in [-0.05, 0) is 28.7 Å². The molecule has 5 nitrogen and oxygen atoms in total. The molecule has 2 rings (SSSR count). The number of hydrogen-bond donors (Lipinski definition) is 1. The van der Waals surface area contributed by atoms with Gasteiger partial charge in [0.15, 0.2) is 5.82 Å². The molecule has 0 saturated carbocycles. The summed E-state index contributed by atoms with van der Waals surface area (Å²) in [5.41, 5.74) is 0.650. The van der Waals surface area contributed by atoms with Gasteiger partial charge in [0, 0.05) is 13.3 Å². The Morgan fingerprint density at radius 1 is 1.47 bits per heavy atom. The maximum atomic E-state index is 11.8. The number of hydrogen-bond acceptors (Lipinski definition) is 4. The number of nitrogens with one attached hydrogen (secondary N) is 1.